The molecule has 0 spiro atoms. The summed E-state index contributed by atoms with van der Waals surface area (Å²) in [6, 6.07) is 0. The van der Waals surface area contributed by atoms with Crippen LogP contribution in [0.2, 0.25) is 0 Å². The molecule has 2 aromatic heterocycles. The highest BCUT2D eigenvalue weighted by Gasteiger charge is 2.38. The minimum Gasteiger partial charge on any atom is -0.478 e. The SMILES string of the molecule is COc1nc(N)nc2c1[nH]c[n+]2[C@@H]1C[C@H](O)[C@@H](CO)O1. The fraction of sp³-hybridized carbons (Fsp3) is 0.545. The molecule has 2 aromatic rings. The van der Waals surface area contributed by atoms with E-state index >= 15 is 0 Å². The monoisotopic (exact) mass is 282 g/mol. The number of rotatable bonds is 3. The molecule has 0 aliphatic carbocycles. The Balaban J connectivity index is 2.03. The van der Waals surface area contributed by atoms with E-state index in [1.54, 1.807) is 10.9 Å². The van der Waals surface area contributed by atoms with Crippen LogP contribution in [0.4, 0.5) is 5.95 Å². The summed E-state index contributed by atoms with van der Waals surface area (Å²) < 4.78 is 12.4. The summed E-state index contributed by atoms with van der Waals surface area (Å²) in [5, 5.41) is 18.9. The smallest absolute Gasteiger partial charge is 0.313 e. The Morgan fingerprint density at radius 3 is 3.05 bits per heavy atom. The average molecular weight is 282 g/mol. The lowest BCUT2D eigenvalue weighted by atomic mass is 10.2. The average Bonchev–Trinajstić information content (AvgIpc) is 3.00. The molecular weight excluding hydrogens is 266 g/mol. The van der Waals surface area contributed by atoms with Gasteiger partial charge in [-0.3, -0.25) is 4.98 Å². The van der Waals surface area contributed by atoms with Crippen molar-refractivity contribution in [1.29, 1.82) is 0 Å². The van der Waals surface area contributed by atoms with Crippen LogP contribution in [-0.2, 0) is 4.74 Å². The Morgan fingerprint density at radius 1 is 1.60 bits per heavy atom. The fourth-order valence-electron chi connectivity index (χ4n) is 2.37. The molecule has 0 saturated carbocycles. The number of hydrogen-bond acceptors (Lipinski definition) is 7. The number of fused-ring (bicyclic) bond motifs is 1. The molecule has 0 bridgehead atoms. The molecule has 9 nitrogen and oxygen atoms in total. The first-order chi connectivity index (χ1) is 9.63. The van der Waals surface area contributed by atoms with Gasteiger partial charge in [-0.05, 0) is 0 Å². The van der Waals surface area contributed by atoms with Crippen LogP contribution < -0.4 is 15.0 Å². The second-order valence-corrected chi connectivity index (χ2v) is 4.59. The van der Waals surface area contributed by atoms with Crippen molar-refractivity contribution in [3.8, 4) is 5.88 Å². The maximum absolute atomic E-state index is 9.79. The van der Waals surface area contributed by atoms with E-state index in [1.807, 2.05) is 0 Å². The number of aromatic nitrogens is 4. The number of hydrogen-bond donors (Lipinski definition) is 4. The van der Waals surface area contributed by atoms with Crippen molar-refractivity contribution in [2.75, 3.05) is 19.5 Å². The number of aliphatic hydroxyl groups excluding tert-OH is 2. The summed E-state index contributed by atoms with van der Waals surface area (Å²) in [5.41, 5.74) is 6.76. The van der Waals surface area contributed by atoms with Gasteiger partial charge in [-0.2, -0.15) is 4.98 Å². The number of anilines is 1. The van der Waals surface area contributed by atoms with Crippen LogP contribution in [0.15, 0.2) is 6.33 Å². The van der Waals surface area contributed by atoms with Gasteiger partial charge in [0.25, 0.3) is 5.88 Å². The Labute approximate surface area is 114 Å². The van der Waals surface area contributed by atoms with Crippen LogP contribution in [0.1, 0.15) is 12.6 Å². The summed E-state index contributed by atoms with van der Waals surface area (Å²) in [7, 11) is 1.49. The predicted molar refractivity (Wildman–Crippen MR) is 66.7 cm³/mol. The first kappa shape index (κ1) is 13.0. The number of nitrogens with zero attached hydrogens (tertiary/aromatic N) is 3. The zero-order chi connectivity index (χ0) is 14.3. The number of imidazole rings is 1. The third-order valence-corrected chi connectivity index (χ3v) is 3.35. The summed E-state index contributed by atoms with van der Waals surface area (Å²) in [6.07, 6.45) is 0.255. The van der Waals surface area contributed by atoms with Crippen LogP contribution in [0.5, 0.6) is 5.88 Å². The van der Waals surface area contributed by atoms with E-state index in [2.05, 4.69) is 15.0 Å². The summed E-state index contributed by atoms with van der Waals surface area (Å²) in [6.45, 7) is -0.235. The van der Waals surface area contributed by atoms with E-state index in [4.69, 9.17) is 20.3 Å². The van der Waals surface area contributed by atoms with Crippen LogP contribution in [0.25, 0.3) is 11.2 Å². The lowest BCUT2D eigenvalue weighted by Gasteiger charge is -2.10. The van der Waals surface area contributed by atoms with E-state index in [0.29, 0.717) is 23.5 Å². The molecule has 1 aliphatic heterocycles. The van der Waals surface area contributed by atoms with Gasteiger partial charge in [-0.1, -0.05) is 4.98 Å². The molecule has 108 valence electrons. The number of aliphatic hydroxyl groups is 2. The second-order valence-electron chi connectivity index (χ2n) is 4.59. The molecule has 0 amide bonds. The Bertz CT molecular complexity index is 631. The molecule has 3 rings (SSSR count). The van der Waals surface area contributed by atoms with Gasteiger partial charge in [0.1, 0.15) is 6.10 Å². The van der Waals surface area contributed by atoms with Gasteiger partial charge in [0.15, 0.2) is 12.6 Å². The van der Waals surface area contributed by atoms with Gasteiger partial charge in [0, 0.05) is 6.42 Å². The molecule has 9 heteroatoms. The van der Waals surface area contributed by atoms with Crippen LogP contribution in [0, 0.1) is 0 Å². The van der Waals surface area contributed by atoms with Crippen molar-refractivity contribution in [2.45, 2.75) is 24.9 Å². The van der Waals surface area contributed by atoms with Crippen molar-refractivity contribution in [3.63, 3.8) is 0 Å². The highest BCUT2D eigenvalue weighted by atomic mass is 16.5. The number of H-pyrrole nitrogens is 1. The molecule has 3 atom stereocenters. The largest absolute Gasteiger partial charge is 0.478 e. The highest BCUT2D eigenvalue weighted by Crippen LogP contribution is 2.27. The van der Waals surface area contributed by atoms with E-state index in [-0.39, 0.29) is 12.6 Å². The number of methoxy groups -OCH3 is 1. The number of nitrogen functional groups attached to an aromatic ring is 1. The summed E-state index contributed by atoms with van der Waals surface area (Å²) in [5.74, 6) is 0.420. The van der Waals surface area contributed by atoms with Crippen molar-refractivity contribution in [1.82, 2.24) is 15.0 Å². The zero-order valence-electron chi connectivity index (χ0n) is 10.9. The molecule has 3 heterocycles. The van der Waals surface area contributed by atoms with E-state index < -0.39 is 18.4 Å². The molecule has 5 N–H and O–H groups in total. The van der Waals surface area contributed by atoms with E-state index in [1.165, 1.54) is 7.11 Å². The van der Waals surface area contributed by atoms with Gasteiger partial charge >= 0.3 is 11.6 Å². The van der Waals surface area contributed by atoms with Gasteiger partial charge in [-0.15, -0.1) is 0 Å². The zero-order valence-corrected chi connectivity index (χ0v) is 10.9. The maximum atomic E-state index is 9.79. The standard InChI is InChI=1S/C11H15N5O4/c1-19-10-8-9(14-11(12)15-10)16(4-13-8)7-2-5(18)6(3-17)20-7/h4-7,17-18H,2-3H2,1H3,(H2,12,14,15)/p+1/t5-,6+,7-/m0/s1. The van der Waals surface area contributed by atoms with Crippen LogP contribution in [0.3, 0.4) is 0 Å². The van der Waals surface area contributed by atoms with E-state index in [0.717, 1.165) is 0 Å². The van der Waals surface area contributed by atoms with Crippen LogP contribution in [-0.4, -0.2) is 51.1 Å². The van der Waals surface area contributed by atoms with Crippen molar-refractivity contribution >= 4 is 17.1 Å². The highest BCUT2D eigenvalue weighted by molar-refractivity contribution is 5.73. The van der Waals surface area contributed by atoms with E-state index in [9.17, 15) is 5.11 Å². The van der Waals surface area contributed by atoms with Gasteiger partial charge in [0.2, 0.25) is 5.52 Å². The van der Waals surface area contributed by atoms with Crippen molar-refractivity contribution in [3.05, 3.63) is 6.33 Å². The lowest BCUT2D eigenvalue weighted by molar-refractivity contribution is -0.738. The maximum Gasteiger partial charge on any atom is 0.313 e. The normalized spacial score (nSPS) is 26.2. The van der Waals surface area contributed by atoms with Crippen molar-refractivity contribution in [2.24, 2.45) is 0 Å². The number of nitrogens with two attached hydrogens (primary N) is 1. The molecule has 0 radical (unpaired) electrons. The molecule has 1 saturated heterocycles. The third-order valence-electron chi connectivity index (χ3n) is 3.35. The minimum absolute atomic E-state index is 0.0833. The quantitative estimate of drug-likeness (QED) is 0.503. The molecule has 1 aliphatic rings. The fourth-order valence-corrected chi connectivity index (χ4v) is 2.37. The van der Waals surface area contributed by atoms with Gasteiger partial charge < -0.3 is 25.4 Å². The number of ether oxygens (including phenoxy) is 2. The summed E-state index contributed by atoms with van der Waals surface area (Å²) >= 11 is 0. The lowest BCUT2D eigenvalue weighted by Crippen LogP contribution is -2.39. The molecule has 1 fully saturated rings. The van der Waals surface area contributed by atoms with Gasteiger partial charge in [0.05, 0.1) is 19.8 Å². The first-order valence-corrected chi connectivity index (χ1v) is 6.18. The number of nitrogens with one attached hydrogen (secondary N) is 1. The molecule has 20 heavy (non-hydrogen) atoms. The molecule has 0 unspecified atom stereocenters. The first-order valence-electron chi connectivity index (χ1n) is 6.18. The summed E-state index contributed by atoms with van der Waals surface area (Å²) in [4.78, 5) is 11.1. The topological polar surface area (TPSA) is 130 Å². The van der Waals surface area contributed by atoms with Crippen LogP contribution >= 0.6 is 0 Å². The Hall–Kier alpha value is -1.97. The molecule has 0 aromatic carbocycles. The molecular formula is C11H16N5O4+. The Kier molecular flexibility index (Phi) is 3.16. The number of aromatic amines is 1. The van der Waals surface area contributed by atoms with Crippen molar-refractivity contribution < 1.29 is 24.3 Å². The predicted octanol–water partition coefficient (Wildman–Crippen LogP) is -1.52. The minimum atomic E-state index is -0.719. The van der Waals surface area contributed by atoms with Gasteiger partial charge in [-0.25, -0.2) is 4.57 Å². The Morgan fingerprint density at radius 2 is 2.40 bits per heavy atom. The third kappa shape index (κ3) is 1.96. The second kappa shape index (κ2) is 4.85.